The minimum absolute atomic E-state index is 0.313. The first-order valence-corrected chi connectivity index (χ1v) is 5.50. The van der Waals surface area contributed by atoms with E-state index in [1.165, 1.54) is 11.1 Å². The Hall–Kier alpha value is -1.19. The van der Waals surface area contributed by atoms with Crippen molar-refractivity contribution in [2.75, 3.05) is 6.54 Å². The molecule has 1 unspecified atom stereocenters. The Morgan fingerprint density at radius 2 is 1.94 bits per heavy atom. The van der Waals surface area contributed by atoms with E-state index in [2.05, 4.69) is 0 Å². The molecule has 0 heterocycles. The predicted octanol–water partition coefficient (Wildman–Crippen LogP) is 0.680. The van der Waals surface area contributed by atoms with Crippen molar-refractivity contribution in [3.63, 3.8) is 0 Å². The lowest BCUT2D eigenvalue weighted by atomic mass is 9.71. The highest BCUT2D eigenvalue weighted by Crippen LogP contribution is 2.43. The molecule has 0 saturated heterocycles. The van der Waals surface area contributed by atoms with Gasteiger partial charge in [-0.25, -0.2) is 0 Å². The Morgan fingerprint density at radius 3 is 2.31 bits per heavy atom. The van der Waals surface area contributed by atoms with Gasteiger partial charge in [-0.2, -0.15) is 0 Å². The summed E-state index contributed by atoms with van der Waals surface area (Å²) in [6.45, 7) is 1.87. The van der Waals surface area contributed by atoms with Gasteiger partial charge in [0.15, 0.2) is 6.29 Å². The van der Waals surface area contributed by atoms with Gasteiger partial charge >= 0.3 is 0 Å². The Morgan fingerprint density at radius 1 is 1.44 bits per heavy atom. The number of benzene rings is 1. The summed E-state index contributed by atoms with van der Waals surface area (Å²) in [6.07, 6.45) is 1.96. The molecule has 1 aromatic rings. The van der Waals surface area contributed by atoms with Gasteiger partial charge in [-0.1, -0.05) is 24.3 Å². The Labute approximate surface area is 95.3 Å². The van der Waals surface area contributed by atoms with E-state index in [1.54, 1.807) is 6.92 Å². The van der Waals surface area contributed by atoms with Gasteiger partial charge in [0.25, 0.3) is 0 Å². The number of hydrogen-bond donors (Lipinski definition) is 2. The second-order valence-electron chi connectivity index (χ2n) is 4.87. The van der Waals surface area contributed by atoms with Crippen LogP contribution in [0.25, 0.3) is 0 Å². The minimum Gasteiger partial charge on any atom is -0.382 e. The van der Waals surface area contributed by atoms with Crippen LogP contribution >= 0.6 is 0 Å². The number of nitrogens with two attached hydrogens (primary N) is 1. The van der Waals surface area contributed by atoms with E-state index >= 15 is 0 Å². The van der Waals surface area contributed by atoms with Crippen molar-refractivity contribution in [1.82, 2.24) is 0 Å². The Bertz CT molecular complexity index is 387. The molecule has 1 aliphatic carbocycles. The van der Waals surface area contributed by atoms with E-state index in [0.717, 1.165) is 0 Å². The molecule has 2 rings (SSSR count). The molecule has 3 heteroatoms. The highest BCUT2D eigenvalue weighted by molar-refractivity contribution is 5.64. The quantitative estimate of drug-likeness (QED) is 0.735. The first-order valence-electron chi connectivity index (χ1n) is 5.50. The molecule has 86 valence electrons. The number of fused-ring (bicyclic) bond motifs is 1. The van der Waals surface area contributed by atoms with Crippen LogP contribution in [0, 0.1) is 5.41 Å². The molecule has 0 fully saturated rings. The maximum Gasteiger partial charge on any atom is 0.151 e. The fraction of sp³-hybridized carbons (Fsp3) is 0.462. The van der Waals surface area contributed by atoms with E-state index in [1.807, 2.05) is 24.3 Å². The summed E-state index contributed by atoms with van der Waals surface area (Å²) in [4.78, 5) is 11.0. The minimum atomic E-state index is -1.36. The van der Waals surface area contributed by atoms with E-state index < -0.39 is 11.0 Å². The molecular formula is C13H17NO2. The zero-order chi connectivity index (χ0) is 11.8. The standard InChI is InChI=1S/C13H17NO2/c1-12(16,9-15)13(8-14)6-10-4-2-3-5-11(10)7-13/h2-5,9,16H,6-8,14H2,1H3. The summed E-state index contributed by atoms with van der Waals surface area (Å²) in [5.74, 6) is 0. The topological polar surface area (TPSA) is 63.3 Å². The fourth-order valence-electron chi connectivity index (χ4n) is 2.53. The van der Waals surface area contributed by atoms with Crippen LogP contribution in [0.2, 0.25) is 0 Å². The molecule has 0 aliphatic heterocycles. The van der Waals surface area contributed by atoms with Crippen molar-refractivity contribution in [1.29, 1.82) is 0 Å². The predicted molar refractivity (Wildman–Crippen MR) is 62.0 cm³/mol. The van der Waals surface area contributed by atoms with E-state index in [9.17, 15) is 9.90 Å². The molecule has 3 N–H and O–H groups in total. The Kier molecular flexibility index (Phi) is 2.60. The third-order valence-corrected chi connectivity index (χ3v) is 3.87. The van der Waals surface area contributed by atoms with Crippen LogP contribution in [0.15, 0.2) is 24.3 Å². The third kappa shape index (κ3) is 1.47. The molecule has 1 atom stereocenters. The molecule has 0 bridgehead atoms. The van der Waals surface area contributed by atoms with Gasteiger partial charge in [0.2, 0.25) is 0 Å². The van der Waals surface area contributed by atoms with Gasteiger partial charge in [-0.05, 0) is 30.9 Å². The molecule has 1 aromatic carbocycles. The van der Waals surface area contributed by atoms with Crippen LogP contribution < -0.4 is 5.73 Å². The second-order valence-corrected chi connectivity index (χ2v) is 4.87. The fourth-order valence-corrected chi connectivity index (χ4v) is 2.53. The summed E-state index contributed by atoms with van der Waals surface area (Å²) in [5.41, 5.74) is 6.27. The number of hydrogen-bond acceptors (Lipinski definition) is 3. The normalized spacial score (nSPS) is 21.2. The van der Waals surface area contributed by atoms with Gasteiger partial charge < -0.3 is 15.6 Å². The van der Waals surface area contributed by atoms with Crippen LogP contribution in [-0.4, -0.2) is 23.5 Å². The maximum absolute atomic E-state index is 11.0. The average Bonchev–Trinajstić information content (AvgIpc) is 2.69. The number of carbonyl (C=O) groups excluding carboxylic acids is 1. The highest BCUT2D eigenvalue weighted by Gasteiger charge is 2.49. The van der Waals surface area contributed by atoms with Crippen molar-refractivity contribution in [2.45, 2.75) is 25.4 Å². The van der Waals surface area contributed by atoms with Gasteiger partial charge in [0.05, 0.1) is 0 Å². The number of aliphatic hydroxyl groups is 1. The summed E-state index contributed by atoms with van der Waals surface area (Å²) in [5, 5.41) is 10.2. The van der Waals surface area contributed by atoms with Crippen molar-refractivity contribution >= 4 is 6.29 Å². The highest BCUT2D eigenvalue weighted by atomic mass is 16.3. The monoisotopic (exact) mass is 219 g/mol. The first-order chi connectivity index (χ1) is 7.54. The summed E-state index contributed by atoms with van der Waals surface area (Å²) in [7, 11) is 0. The van der Waals surface area contributed by atoms with Crippen LogP contribution in [0.4, 0.5) is 0 Å². The lowest BCUT2D eigenvalue weighted by molar-refractivity contribution is -0.135. The SMILES string of the molecule is CC(O)(C=O)C1(CN)Cc2ccccc2C1. The van der Waals surface area contributed by atoms with Crippen LogP contribution in [0.3, 0.4) is 0 Å². The number of rotatable bonds is 3. The largest absolute Gasteiger partial charge is 0.382 e. The van der Waals surface area contributed by atoms with Crippen molar-refractivity contribution in [3.8, 4) is 0 Å². The summed E-state index contributed by atoms with van der Waals surface area (Å²) < 4.78 is 0. The lowest BCUT2D eigenvalue weighted by Crippen LogP contribution is -2.52. The average molecular weight is 219 g/mol. The van der Waals surface area contributed by atoms with Crippen LogP contribution in [0.5, 0.6) is 0 Å². The van der Waals surface area contributed by atoms with Gasteiger partial charge in [0, 0.05) is 12.0 Å². The van der Waals surface area contributed by atoms with Gasteiger partial charge in [-0.15, -0.1) is 0 Å². The van der Waals surface area contributed by atoms with Crippen molar-refractivity contribution in [3.05, 3.63) is 35.4 Å². The number of carbonyl (C=O) groups is 1. The number of aldehydes is 1. The van der Waals surface area contributed by atoms with Crippen LogP contribution in [0.1, 0.15) is 18.1 Å². The molecular weight excluding hydrogens is 202 g/mol. The molecule has 0 amide bonds. The van der Waals surface area contributed by atoms with Gasteiger partial charge in [0.1, 0.15) is 5.60 Å². The first kappa shape index (κ1) is 11.3. The molecule has 3 nitrogen and oxygen atoms in total. The Balaban J connectivity index is 2.40. The van der Waals surface area contributed by atoms with Crippen molar-refractivity contribution in [2.24, 2.45) is 11.1 Å². The van der Waals surface area contributed by atoms with E-state index in [0.29, 0.717) is 25.7 Å². The summed E-state index contributed by atoms with van der Waals surface area (Å²) >= 11 is 0. The zero-order valence-corrected chi connectivity index (χ0v) is 9.44. The molecule has 0 saturated carbocycles. The smallest absolute Gasteiger partial charge is 0.151 e. The summed E-state index contributed by atoms with van der Waals surface area (Å²) in [6, 6.07) is 8.02. The molecule has 1 aliphatic rings. The maximum atomic E-state index is 11.0. The van der Waals surface area contributed by atoms with E-state index in [4.69, 9.17) is 5.73 Å². The molecule has 16 heavy (non-hydrogen) atoms. The van der Waals surface area contributed by atoms with Gasteiger partial charge in [-0.3, -0.25) is 0 Å². The third-order valence-electron chi connectivity index (χ3n) is 3.87. The molecule has 0 spiro atoms. The van der Waals surface area contributed by atoms with Crippen molar-refractivity contribution < 1.29 is 9.90 Å². The zero-order valence-electron chi connectivity index (χ0n) is 9.44. The van der Waals surface area contributed by atoms with E-state index in [-0.39, 0.29) is 0 Å². The molecule has 0 aromatic heterocycles. The lowest BCUT2D eigenvalue weighted by Gasteiger charge is -2.38. The second kappa shape index (κ2) is 3.68. The molecule has 0 radical (unpaired) electrons. The van der Waals surface area contributed by atoms with Crippen LogP contribution in [-0.2, 0) is 17.6 Å².